The fourth-order valence-electron chi connectivity index (χ4n) is 1.20. The van der Waals surface area contributed by atoms with Crippen LogP contribution in [0.15, 0.2) is 24.4 Å². The molecular formula is C9H4ClF3N2. The molecule has 0 fully saturated rings. The van der Waals surface area contributed by atoms with E-state index < -0.39 is 11.7 Å². The number of hydrogen-bond acceptors (Lipinski definition) is 2. The Hall–Kier alpha value is -1.36. The summed E-state index contributed by atoms with van der Waals surface area (Å²) in [5.41, 5.74) is -0.621. The van der Waals surface area contributed by atoms with Gasteiger partial charge >= 0.3 is 6.18 Å². The molecule has 0 saturated heterocycles. The van der Waals surface area contributed by atoms with Crippen molar-refractivity contribution >= 4 is 22.5 Å². The van der Waals surface area contributed by atoms with Crippen molar-refractivity contribution in [2.75, 3.05) is 0 Å². The number of halogens is 4. The molecule has 0 aliphatic heterocycles. The Morgan fingerprint density at radius 1 is 1.20 bits per heavy atom. The molecular weight excluding hydrogens is 229 g/mol. The van der Waals surface area contributed by atoms with Gasteiger partial charge in [-0.2, -0.15) is 23.4 Å². The molecule has 0 atom stereocenters. The van der Waals surface area contributed by atoms with Gasteiger partial charge in [0.1, 0.15) is 0 Å². The van der Waals surface area contributed by atoms with Crippen LogP contribution in [0.1, 0.15) is 5.56 Å². The van der Waals surface area contributed by atoms with Crippen molar-refractivity contribution in [2.24, 2.45) is 0 Å². The van der Waals surface area contributed by atoms with Crippen LogP contribution >= 0.6 is 11.6 Å². The largest absolute Gasteiger partial charge is 0.416 e. The molecule has 0 amide bonds. The maximum absolute atomic E-state index is 12.3. The molecule has 2 rings (SSSR count). The zero-order valence-corrected chi connectivity index (χ0v) is 7.97. The van der Waals surface area contributed by atoms with Gasteiger partial charge in [-0.15, -0.1) is 0 Å². The summed E-state index contributed by atoms with van der Waals surface area (Å²) < 4.78 is 37.0. The van der Waals surface area contributed by atoms with Crippen LogP contribution in [0.2, 0.25) is 5.02 Å². The van der Waals surface area contributed by atoms with E-state index in [-0.39, 0.29) is 10.5 Å². The van der Waals surface area contributed by atoms with Gasteiger partial charge in [0, 0.05) is 5.39 Å². The summed E-state index contributed by atoms with van der Waals surface area (Å²) in [6.45, 7) is 0. The van der Waals surface area contributed by atoms with Crippen molar-refractivity contribution in [2.45, 2.75) is 6.18 Å². The predicted molar refractivity (Wildman–Crippen MR) is 49.6 cm³/mol. The molecule has 2 aromatic rings. The molecule has 0 unspecified atom stereocenters. The van der Waals surface area contributed by atoms with E-state index in [9.17, 15) is 13.2 Å². The van der Waals surface area contributed by atoms with Gasteiger partial charge < -0.3 is 0 Å². The molecule has 0 saturated carbocycles. The van der Waals surface area contributed by atoms with E-state index in [0.29, 0.717) is 5.39 Å². The Morgan fingerprint density at radius 2 is 1.93 bits per heavy atom. The smallest absolute Gasteiger partial charge is 0.166 e. The lowest BCUT2D eigenvalue weighted by Gasteiger charge is -2.07. The minimum absolute atomic E-state index is 0.136. The molecule has 6 heteroatoms. The molecule has 0 aliphatic carbocycles. The van der Waals surface area contributed by atoms with Crippen LogP contribution in [0.4, 0.5) is 13.2 Å². The number of aromatic nitrogens is 2. The number of alkyl halides is 3. The molecule has 1 aromatic carbocycles. The van der Waals surface area contributed by atoms with Crippen molar-refractivity contribution in [1.82, 2.24) is 10.2 Å². The molecule has 0 bridgehead atoms. The van der Waals surface area contributed by atoms with Gasteiger partial charge in [-0.1, -0.05) is 17.7 Å². The molecule has 1 heterocycles. The van der Waals surface area contributed by atoms with E-state index >= 15 is 0 Å². The Bertz CT molecular complexity index is 510. The molecule has 15 heavy (non-hydrogen) atoms. The number of fused-ring (bicyclic) bond motifs is 1. The van der Waals surface area contributed by atoms with Crippen LogP contribution in [0.3, 0.4) is 0 Å². The van der Waals surface area contributed by atoms with E-state index in [1.165, 1.54) is 12.3 Å². The first-order valence-corrected chi connectivity index (χ1v) is 4.34. The Kier molecular flexibility index (Phi) is 2.26. The second kappa shape index (κ2) is 3.34. The molecule has 0 N–H and O–H groups in total. The van der Waals surface area contributed by atoms with Crippen LogP contribution in [-0.4, -0.2) is 10.2 Å². The first-order chi connectivity index (χ1) is 6.98. The summed E-state index contributed by atoms with van der Waals surface area (Å²) in [4.78, 5) is 0. The topological polar surface area (TPSA) is 25.8 Å². The second-order valence-corrected chi connectivity index (χ2v) is 3.33. The summed E-state index contributed by atoms with van der Waals surface area (Å²) in [5, 5.41) is 7.81. The van der Waals surface area contributed by atoms with Crippen molar-refractivity contribution < 1.29 is 13.2 Å². The molecule has 1 aromatic heterocycles. The van der Waals surface area contributed by atoms with Gasteiger partial charge in [-0.3, -0.25) is 0 Å². The number of nitrogens with zero attached hydrogens (tertiary/aromatic N) is 2. The molecule has 78 valence electrons. The fourth-order valence-corrected chi connectivity index (χ4v) is 1.41. The van der Waals surface area contributed by atoms with Gasteiger partial charge in [0.25, 0.3) is 0 Å². The summed E-state index contributed by atoms with van der Waals surface area (Å²) in [7, 11) is 0. The standard InChI is InChI=1S/C9H4ClF3N2/c10-7-4-14-15-8-3-5(9(11,12)13)1-2-6(7)8/h1-4H. The van der Waals surface area contributed by atoms with E-state index in [4.69, 9.17) is 11.6 Å². The zero-order valence-electron chi connectivity index (χ0n) is 7.22. The minimum atomic E-state index is -4.38. The summed E-state index contributed by atoms with van der Waals surface area (Å²) in [6, 6.07) is 3.18. The molecule has 0 radical (unpaired) electrons. The van der Waals surface area contributed by atoms with Gasteiger partial charge in [-0.05, 0) is 12.1 Å². The summed E-state index contributed by atoms with van der Waals surface area (Å²) in [6.07, 6.45) is -3.09. The van der Waals surface area contributed by atoms with Crippen LogP contribution in [0, 0.1) is 0 Å². The molecule has 0 spiro atoms. The van der Waals surface area contributed by atoms with E-state index in [2.05, 4.69) is 10.2 Å². The molecule has 2 nitrogen and oxygen atoms in total. The van der Waals surface area contributed by atoms with Crippen molar-refractivity contribution in [3.8, 4) is 0 Å². The Balaban J connectivity index is 2.68. The van der Waals surface area contributed by atoms with Crippen LogP contribution in [0.5, 0.6) is 0 Å². The highest BCUT2D eigenvalue weighted by Gasteiger charge is 2.30. The van der Waals surface area contributed by atoms with Crippen molar-refractivity contribution in [3.05, 3.63) is 35.0 Å². The van der Waals surface area contributed by atoms with Crippen molar-refractivity contribution in [1.29, 1.82) is 0 Å². The highest BCUT2D eigenvalue weighted by atomic mass is 35.5. The van der Waals surface area contributed by atoms with Crippen LogP contribution in [0.25, 0.3) is 10.9 Å². The summed E-state index contributed by atoms with van der Waals surface area (Å²) in [5.74, 6) is 0. The first kappa shape index (κ1) is 10.2. The third kappa shape index (κ3) is 1.87. The monoisotopic (exact) mass is 232 g/mol. The highest BCUT2D eigenvalue weighted by Crippen LogP contribution is 2.31. The third-order valence-corrected chi connectivity index (χ3v) is 2.22. The SMILES string of the molecule is FC(F)(F)c1ccc2c(Cl)cnnc2c1. The van der Waals surface area contributed by atoms with Gasteiger partial charge in [-0.25, -0.2) is 0 Å². The van der Waals surface area contributed by atoms with Gasteiger partial charge in [0.15, 0.2) is 0 Å². The van der Waals surface area contributed by atoms with Crippen molar-refractivity contribution in [3.63, 3.8) is 0 Å². The van der Waals surface area contributed by atoms with Gasteiger partial charge in [0.05, 0.1) is 22.3 Å². The van der Waals surface area contributed by atoms with E-state index in [1.54, 1.807) is 0 Å². The van der Waals surface area contributed by atoms with Gasteiger partial charge in [0.2, 0.25) is 0 Å². The maximum Gasteiger partial charge on any atom is 0.416 e. The number of rotatable bonds is 0. The quantitative estimate of drug-likeness (QED) is 0.696. The summed E-state index contributed by atoms with van der Waals surface area (Å²) >= 11 is 5.74. The first-order valence-electron chi connectivity index (χ1n) is 3.96. The second-order valence-electron chi connectivity index (χ2n) is 2.92. The third-order valence-electron chi connectivity index (χ3n) is 1.92. The highest BCUT2D eigenvalue weighted by molar-refractivity contribution is 6.35. The number of benzene rings is 1. The zero-order chi connectivity index (χ0) is 11.1. The van der Waals surface area contributed by atoms with E-state index in [1.807, 2.05) is 0 Å². The predicted octanol–water partition coefficient (Wildman–Crippen LogP) is 3.30. The van der Waals surface area contributed by atoms with E-state index in [0.717, 1.165) is 12.1 Å². The lowest BCUT2D eigenvalue weighted by atomic mass is 10.1. The number of hydrogen-bond donors (Lipinski definition) is 0. The molecule has 0 aliphatic rings. The normalized spacial score (nSPS) is 12.0. The Morgan fingerprint density at radius 3 is 2.60 bits per heavy atom. The average molecular weight is 233 g/mol. The Labute approximate surface area is 87.7 Å². The lowest BCUT2D eigenvalue weighted by molar-refractivity contribution is -0.137. The van der Waals surface area contributed by atoms with Crippen LogP contribution < -0.4 is 0 Å². The fraction of sp³-hybridized carbons (Fsp3) is 0.111. The maximum atomic E-state index is 12.3. The lowest BCUT2D eigenvalue weighted by Crippen LogP contribution is -2.04. The van der Waals surface area contributed by atoms with Crippen LogP contribution in [-0.2, 0) is 6.18 Å². The minimum Gasteiger partial charge on any atom is -0.166 e. The average Bonchev–Trinajstić information content (AvgIpc) is 2.16.